The lowest BCUT2D eigenvalue weighted by atomic mass is 9.79. The fraction of sp³-hybridized carbons (Fsp3) is 0.609. The van der Waals surface area contributed by atoms with Gasteiger partial charge in [0.15, 0.2) is 5.69 Å². The highest BCUT2D eigenvalue weighted by molar-refractivity contribution is 5.94. The largest absolute Gasteiger partial charge is 0.412 e. The summed E-state index contributed by atoms with van der Waals surface area (Å²) in [6.45, 7) is 3.69. The molecular formula is C23H27F3N4O2. The Morgan fingerprint density at radius 1 is 1.12 bits per heavy atom. The summed E-state index contributed by atoms with van der Waals surface area (Å²) in [5, 5.41) is 7.19. The third kappa shape index (κ3) is 3.65. The van der Waals surface area contributed by atoms with Gasteiger partial charge in [0, 0.05) is 37.7 Å². The van der Waals surface area contributed by atoms with Crippen molar-refractivity contribution in [2.45, 2.75) is 45.3 Å². The summed E-state index contributed by atoms with van der Waals surface area (Å²) in [4.78, 5) is 28.4. The zero-order chi connectivity index (χ0) is 22.6. The van der Waals surface area contributed by atoms with Gasteiger partial charge >= 0.3 is 6.18 Å². The van der Waals surface area contributed by atoms with Crippen LogP contribution in [0.1, 0.15) is 47.9 Å². The van der Waals surface area contributed by atoms with Crippen LogP contribution in [0.3, 0.4) is 0 Å². The molecule has 2 aliphatic heterocycles. The van der Waals surface area contributed by atoms with E-state index in [1.807, 2.05) is 11.0 Å². The Balaban J connectivity index is 1.24. The van der Waals surface area contributed by atoms with Crippen molar-refractivity contribution >= 4 is 11.8 Å². The maximum Gasteiger partial charge on any atom is 0.412 e. The molecule has 1 aromatic rings. The number of amides is 2. The summed E-state index contributed by atoms with van der Waals surface area (Å²) in [7, 11) is 0. The van der Waals surface area contributed by atoms with Gasteiger partial charge in [-0.05, 0) is 49.4 Å². The van der Waals surface area contributed by atoms with E-state index in [4.69, 9.17) is 0 Å². The average molecular weight is 448 g/mol. The number of aromatic amines is 1. The highest BCUT2D eigenvalue weighted by Crippen LogP contribution is 2.50. The van der Waals surface area contributed by atoms with Crippen LogP contribution < -0.4 is 0 Å². The number of alkyl halides is 3. The molecule has 0 aromatic carbocycles. The van der Waals surface area contributed by atoms with Crippen LogP contribution in [0.15, 0.2) is 23.8 Å². The first-order valence-corrected chi connectivity index (χ1v) is 11.3. The molecule has 3 heterocycles. The number of likely N-dealkylation sites (tertiary alicyclic amines) is 1. The smallest absolute Gasteiger partial charge is 0.337 e. The van der Waals surface area contributed by atoms with E-state index in [1.54, 1.807) is 4.90 Å². The molecule has 4 atom stereocenters. The normalized spacial score (nSPS) is 29.7. The van der Waals surface area contributed by atoms with Crippen molar-refractivity contribution in [2.75, 3.05) is 19.6 Å². The summed E-state index contributed by atoms with van der Waals surface area (Å²) < 4.78 is 40.4. The van der Waals surface area contributed by atoms with Crippen molar-refractivity contribution < 1.29 is 22.8 Å². The Morgan fingerprint density at radius 2 is 1.84 bits per heavy atom. The number of rotatable bonds is 2. The molecule has 4 aliphatic rings. The van der Waals surface area contributed by atoms with Gasteiger partial charge in [0.05, 0.1) is 12.2 Å². The molecule has 2 fully saturated rings. The maximum absolute atomic E-state index is 13.5. The van der Waals surface area contributed by atoms with E-state index >= 15 is 0 Å². The molecule has 9 heteroatoms. The van der Waals surface area contributed by atoms with E-state index in [2.05, 4.69) is 10.2 Å². The summed E-state index contributed by atoms with van der Waals surface area (Å²) in [6, 6.07) is 0. The van der Waals surface area contributed by atoms with Crippen molar-refractivity contribution in [3.63, 3.8) is 0 Å². The fourth-order valence-electron chi connectivity index (χ4n) is 6.15. The second-order valence-corrected chi connectivity index (χ2v) is 9.57. The van der Waals surface area contributed by atoms with Gasteiger partial charge in [0.2, 0.25) is 5.91 Å². The van der Waals surface area contributed by atoms with Crippen LogP contribution >= 0.6 is 0 Å². The topological polar surface area (TPSA) is 69.3 Å². The summed E-state index contributed by atoms with van der Waals surface area (Å²) in [6.07, 6.45) is 2.77. The standard InChI is InChI=1S/C23H27F3N4O2/c1-13(31)29-7-6-18-20(12-29)27-28-21(18)22(32)30-10-15-8-14(9-16(15)11-30)17-4-2-3-5-19(17)23(24,25)26/h2-3,5,14-17H,4,6-12H2,1H3,(H,27,28)/t14-,15-,16+,17?. The van der Waals surface area contributed by atoms with Gasteiger partial charge in [0.25, 0.3) is 5.91 Å². The van der Waals surface area contributed by atoms with Crippen molar-refractivity contribution in [3.8, 4) is 0 Å². The van der Waals surface area contributed by atoms with Gasteiger partial charge in [-0.25, -0.2) is 0 Å². The van der Waals surface area contributed by atoms with Crippen molar-refractivity contribution in [3.05, 3.63) is 40.8 Å². The minimum atomic E-state index is -4.29. The first-order valence-electron chi connectivity index (χ1n) is 11.3. The van der Waals surface area contributed by atoms with Crippen molar-refractivity contribution in [2.24, 2.45) is 23.7 Å². The van der Waals surface area contributed by atoms with Crippen LogP contribution in [0, 0.1) is 23.7 Å². The quantitative estimate of drug-likeness (QED) is 0.753. The number of H-pyrrole nitrogens is 1. The van der Waals surface area contributed by atoms with E-state index in [1.165, 1.54) is 19.1 Å². The Morgan fingerprint density at radius 3 is 2.50 bits per heavy atom. The molecule has 6 nitrogen and oxygen atoms in total. The molecule has 1 saturated carbocycles. The Hall–Kier alpha value is -2.58. The fourth-order valence-corrected chi connectivity index (χ4v) is 6.15. The molecule has 1 saturated heterocycles. The lowest BCUT2D eigenvalue weighted by Gasteiger charge is -2.30. The van der Waals surface area contributed by atoms with E-state index in [-0.39, 0.29) is 29.6 Å². The molecule has 1 aromatic heterocycles. The second kappa shape index (κ2) is 7.78. The number of hydrogen-bond acceptors (Lipinski definition) is 3. The number of hydrogen-bond donors (Lipinski definition) is 1. The number of nitrogens with zero attached hydrogens (tertiary/aromatic N) is 3. The SMILES string of the molecule is CC(=O)N1CCc2c(C(=O)N3C[C@H]4C[C@@H](C5CC=CC=C5C(F)(F)F)C[C@H]4C3)n[nH]c2C1. The number of carbonyl (C=O) groups is 2. The van der Waals surface area contributed by atoms with Gasteiger partial charge in [0.1, 0.15) is 0 Å². The lowest BCUT2D eigenvalue weighted by molar-refractivity contribution is -0.129. The number of carbonyl (C=O) groups excluding carboxylic acids is 2. The van der Waals surface area contributed by atoms with Crippen LogP contribution in [0.2, 0.25) is 0 Å². The Kier molecular flexibility index (Phi) is 5.17. The predicted octanol–water partition coefficient (Wildman–Crippen LogP) is 3.48. The van der Waals surface area contributed by atoms with Gasteiger partial charge < -0.3 is 9.80 Å². The third-order valence-corrected chi connectivity index (χ3v) is 7.75. The average Bonchev–Trinajstić information content (AvgIpc) is 3.45. The Labute approximate surface area is 184 Å². The van der Waals surface area contributed by atoms with E-state index in [0.717, 1.165) is 24.1 Å². The van der Waals surface area contributed by atoms with E-state index in [0.29, 0.717) is 44.7 Å². The number of allylic oxidation sites excluding steroid dienone is 4. The first kappa shape index (κ1) is 21.3. The zero-order valence-electron chi connectivity index (χ0n) is 18.0. The molecule has 2 amide bonds. The molecular weight excluding hydrogens is 421 g/mol. The van der Waals surface area contributed by atoms with Gasteiger partial charge in [-0.3, -0.25) is 14.7 Å². The number of aromatic nitrogens is 2. The molecule has 0 spiro atoms. The van der Waals surface area contributed by atoms with Gasteiger partial charge in [-0.1, -0.05) is 18.2 Å². The van der Waals surface area contributed by atoms with Crippen LogP contribution in [0.5, 0.6) is 0 Å². The monoisotopic (exact) mass is 448 g/mol. The number of halogens is 3. The number of fused-ring (bicyclic) bond motifs is 2. The van der Waals surface area contributed by atoms with E-state index < -0.39 is 17.7 Å². The maximum atomic E-state index is 13.5. The molecule has 0 bridgehead atoms. The second-order valence-electron chi connectivity index (χ2n) is 9.57. The van der Waals surface area contributed by atoms with Gasteiger partial charge in [-0.15, -0.1) is 0 Å². The molecule has 0 radical (unpaired) electrons. The van der Waals surface area contributed by atoms with Crippen molar-refractivity contribution in [1.82, 2.24) is 20.0 Å². The summed E-state index contributed by atoms with van der Waals surface area (Å²) in [5.41, 5.74) is 1.72. The van der Waals surface area contributed by atoms with Crippen LogP contribution in [-0.2, 0) is 17.8 Å². The minimum Gasteiger partial charge on any atom is -0.337 e. The predicted molar refractivity (Wildman–Crippen MR) is 110 cm³/mol. The highest BCUT2D eigenvalue weighted by atomic mass is 19.4. The summed E-state index contributed by atoms with van der Waals surface area (Å²) >= 11 is 0. The minimum absolute atomic E-state index is 0.00275. The molecule has 1 unspecified atom stereocenters. The molecule has 172 valence electrons. The summed E-state index contributed by atoms with van der Waals surface area (Å²) in [5.74, 6) is -0.0917. The van der Waals surface area contributed by atoms with E-state index in [9.17, 15) is 22.8 Å². The molecule has 1 N–H and O–H groups in total. The van der Waals surface area contributed by atoms with Crippen LogP contribution in [-0.4, -0.2) is 57.6 Å². The van der Waals surface area contributed by atoms with Crippen LogP contribution in [0.25, 0.3) is 0 Å². The first-order chi connectivity index (χ1) is 15.2. The van der Waals surface area contributed by atoms with Crippen LogP contribution in [0.4, 0.5) is 13.2 Å². The molecule has 5 rings (SSSR count). The zero-order valence-corrected chi connectivity index (χ0v) is 18.0. The highest BCUT2D eigenvalue weighted by Gasteiger charge is 2.49. The third-order valence-electron chi connectivity index (χ3n) is 7.75. The lowest BCUT2D eigenvalue weighted by Crippen LogP contribution is -2.36. The Bertz CT molecular complexity index is 982. The molecule has 2 aliphatic carbocycles. The van der Waals surface area contributed by atoms with Gasteiger partial charge in [-0.2, -0.15) is 18.3 Å². The number of nitrogens with one attached hydrogen (secondary N) is 1. The molecule has 32 heavy (non-hydrogen) atoms. The van der Waals surface area contributed by atoms with Crippen molar-refractivity contribution in [1.29, 1.82) is 0 Å².